The van der Waals surface area contributed by atoms with Crippen molar-refractivity contribution in [3.8, 4) is 0 Å². The summed E-state index contributed by atoms with van der Waals surface area (Å²) < 4.78 is 29.3. The highest BCUT2D eigenvalue weighted by Crippen LogP contribution is 2.28. The predicted octanol–water partition coefficient (Wildman–Crippen LogP) is 3.31. The summed E-state index contributed by atoms with van der Waals surface area (Å²) in [6.07, 6.45) is 2.75. The first-order chi connectivity index (χ1) is 14.5. The molecule has 5 nitrogen and oxygen atoms in total. The fourth-order valence-corrected chi connectivity index (χ4v) is 3.93. The van der Waals surface area contributed by atoms with Crippen molar-refractivity contribution in [2.75, 3.05) is 49.5 Å². The van der Waals surface area contributed by atoms with Gasteiger partial charge < -0.3 is 20.9 Å². The maximum Gasteiger partial charge on any atom is 0.255 e. The highest BCUT2D eigenvalue weighted by Gasteiger charge is 2.18. The van der Waals surface area contributed by atoms with Gasteiger partial charge in [-0.2, -0.15) is 0 Å². The number of hydrogen-bond acceptors (Lipinski definition) is 4. The van der Waals surface area contributed by atoms with E-state index in [1.165, 1.54) is 12.1 Å². The summed E-state index contributed by atoms with van der Waals surface area (Å²) in [7, 11) is 0. The van der Waals surface area contributed by atoms with Gasteiger partial charge in [0, 0.05) is 49.5 Å². The molecule has 2 aliphatic rings. The number of halogens is 2. The van der Waals surface area contributed by atoms with E-state index >= 15 is 0 Å². The smallest absolute Gasteiger partial charge is 0.255 e. The standard InChI is InChI=1S/C23H26F2N4O/c1-15-12-18(16-4-6-26-7-5-16)19(24)14-21(15)28-23(30)17-2-3-22(20(25)13-17)29-10-8-27-9-11-29/h2-4,12-14,26-27H,5-11H2,1H3,(H,28,30). The monoisotopic (exact) mass is 412 g/mol. The zero-order chi connectivity index (χ0) is 21.1. The van der Waals surface area contributed by atoms with Crippen LogP contribution in [0.2, 0.25) is 0 Å². The molecule has 0 radical (unpaired) electrons. The quantitative estimate of drug-likeness (QED) is 0.721. The molecule has 1 fully saturated rings. The lowest BCUT2D eigenvalue weighted by atomic mass is 9.97. The van der Waals surface area contributed by atoms with E-state index in [9.17, 15) is 13.6 Å². The summed E-state index contributed by atoms with van der Waals surface area (Å²) in [6, 6.07) is 7.59. The van der Waals surface area contributed by atoms with Crippen LogP contribution in [0.25, 0.3) is 5.57 Å². The lowest BCUT2D eigenvalue weighted by Gasteiger charge is -2.29. The topological polar surface area (TPSA) is 56.4 Å². The molecule has 0 unspecified atom stereocenters. The van der Waals surface area contributed by atoms with Crippen LogP contribution in [0.5, 0.6) is 0 Å². The lowest BCUT2D eigenvalue weighted by Crippen LogP contribution is -2.43. The molecular formula is C23H26F2N4O. The summed E-state index contributed by atoms with van der Waals surface area (Å²) in [4.78, 5) is 14.6. The molecule has 30 heavy (non-hydrogen) atoms. The number of hydrogen-bond donors (Lipinski definition) is 3. The summed E-state index contributed by atoms with van der Waals surface area (Å²) in [5.74, 6) is -1.26. The molecule has 2 aliphatic heterocycles. The number of anilines is 2. The molecule has 0 saturated carbocycles. The Morgan fingerprint density at radius 3 is 2.53 bits per heavy atom. The first kappa shape index (κ1) is 20.5. The summed E-state index contributed by atoms with van der Waals surface area (Å²) in [5, 5.41) is 9.16. The van der Waals surface area contributed by atoms with Crippen molar-refractivity contribution in [2.24, 2.45) is 0 Å². The van der Waals surface area contributed by atoms with Gasteiger partial charge in [0.2, 0.25) is 0 Å². The van der Waals surface area contributed by atoms with Crippen LogP contribution in [0.4, 0.5) is 20.2 Å². The van der Waals surface area contributed by atoms with E-state index in [2.05, 4.69) is 16.0 Å². The van der Waals surface area contributed by atoms with Crippen LogP contribution in [-0.2, 0) is 0 Å². The second-order valence-electron chi connectivity index (χ2n) is 7.69. The Bertz CT molecular complexity index is 983. The van der Waals surface area contributed by atoms with Gasteiger partial charge in [-0.05, 0) is 61.4 Å². The number of benzene rings is 2. The molecule has 0 aromatic heterocycles. The first-order valence-corrected chi connectivity index (χ1v) is 10.3. The van der Waals surface area contributed by atoms with E-state index in [0.29, 0.717) is 16.9 Å². The van der Waals surface area contributed by atoms with Crippen LogP contribution in [-0.4, -0.2) is 45.2 Å². The molecule has 3 N–H and O–H groups in total. The first-order valence-electron chi connectivity index (χ1n) is 10.3. The Hall–Kier alpha value is -2.77. The minimum atomic E-state index is -0.461. The van der Waals surface area contributed by atoms with Crippen LogP contribution in [0.1, 0.15) is 27.9 Å². The Morgan fingerprint density at radius 2 is 1.83 bits per heavy atom. The van der Waals surface area contributed by atoms with Crippen molar-refractivity contribution in [3.05, 3.63) is 64.7 Å². The molecule has 0 atom stereocenters. The molecule has 0 spiro atoms. The molecule has 4 rings (SSSR count). The van der Waals surface area contributed by atoms with Gasteiger partial charge in [0.25, 0.3) is 5.91 Å². The maximum absolute atomic E-state index is 14.7. The summed E-state index contributed by atoms with van der Waals surface area (Å²) in [6.45, 7) is 6.42. The Labute approximate surface area is 175 Å². The molecule has 1 amide bonds. The molecule has 0 bridgehead atoms. The minimum Gasteiger partial charge on any atom is -0.367 e. The van der Waals surface area contributed by atoms with Crippen molar-refractivity contribution >= 4 is 22.9 Å². The fraction of sp³-hybridized carbons (Fsp3) is 0.348. The average molecular weight is 412 g/mol. The number of nitrogens with zero attached hydrogens (tertiary/aromatic N) is 1. The third-order valence-electron chi connectivity index (χ3n) is 5.64. The van der Waals surface area contributed by atoms with Gasteiger partial charge in [-0.3, -0.25) is 4.79 Å². The van der Waals surface area contributed by atoms with Crippen LogP contribution in [0.3, 0.4) is 0 Å². The van der Waals surface area contributed by atoms with Gasteiger partial charge in [0.15, 0.2) is 0 Å². The van der Waals surface area contributed by atoms with Gasteiger partial charge in [-0.25, -0.2) is 8.78 Å². The zero-order valence-electron chi connectivity index (χ0n) is 17.0. The Morgan fingerprint density at radius 1 is 1.03 bits per heavy atom. The SMILES string of the molecule is Cc1cc(C2=CCNCC2)c(F)cc1NC(=O)c1ccc(N2CCNCC2)c(F)c1. The number of carbonyl (C=O) groups is 1. The van der Waals surface area contributed by atoms with E-state index in [-0.39, 0.29) is 11.4 Å². The molecule has 2 aromatic carbocycles. The van der Waals surface area contributed by atoms with Crippen molar-refractivity contribution in [1.82, 2.24) is 10.6 Å². The van der Waals surface area contributed by atoms with E-state index < -0.39 is 11.7 Å². The maximum atomic E-state index is 14.7. The van der Waals surface area contributed by atoms with E-state index in [1.54, 1.807) is 18.2 Å². The molecule has 2 heterocycles. The van der Waals surface area contributed by atoms with E-state index in [1.807, 2.05) is 17.9 Å². The van der Waals surface area contributed by atoms with Crippen LogP contribution in [0.15, 0.2) is 36.4 Å². The lowest BCUT2D eigenvalue weighted by molar-refractivity contribution is 0.102. The molecule has 2 aromatic rings. The number of carbonyl (C=O) groups excluding carboxylic acids is 1. The predicted molar refractivity (Wildman–Crippen MR) is 116 cm³/mol. The van der Waals surface area contributed by atoms with Crippen molar-refractivity contribution in [3.63, 3.8) is 0 Å². The largest absolute Gasteiger partial charge is 0.367 e. The van der Waals surface area contributed by atoms with Gasteiger partial charge in [-0.1, -0.05) is 6.08 Å². The average Bonchev–Trinajstić information content (AvgIpc) is 2.77. The number of nitrogens with one attached hydrogen (secondary N) is 3. The highest BCUT2D eigenvalue weighted by atomic mass is 19.1. The van der Waals surface area contributed by atoms with E-state index in [0.717, 1.165) is 56.8 Å². The van der Waals surface area contributed by atoms with Gasteiger partial charge >= 0.3 is 0 Å². The van der Waals surface area contributed by atoms with Crippen molar-refractivity contribution in [1.29, 1.82) is 0 Å². The highest BCUT2D eigenvalue weighted by molar-refractivity contribution is 6.05. The summed E-state index contributed by atoms with van der Waals surface area (Å²) >= 11 is 0. The van der Waals surface area contributed by atoms with Crippen molar-refractivity contribution < 1.29 is 13.6 Å². The molecule has 7 heteroatoms. The zero-order valence-corrected chi connectivity index (χ0v) is 17.0. The summed E-state index contributed by atoms with van der Waals surface area (Å²) in [5.41, 5.74) is 3.39. The Kier molecular flexibility index (Phi) is 6.11. The molecule has 0 aliphatic carbocycles. The second kappa shape index (κ2) is 8.93. The number of piperazine rings is 1. The Balaban J connectivity index is 1.51. The normalized spacial score (nSPS) is 16.9. The number of rotatable bonds is 4. The fourth-order valence-electron chi connectivity index (χ4n) is 3.93. The van der Waals surface area contributed by atoms with Crippen LogP contribution in [0, 0.1) is 18.6 Å². The third-order valence-corrected chi connectivity index (χ3v) is 5.64. The minimum absolute atomic E-state index is 0.205. The van der Waals surface area contributed by atoms with Crippen molar-refractivity contribution in [2.45, 2.75) is 13.3 Å². The third kappa shape index (κ3) is 4.37. The molecule has 158 valence electrons. The molecular weight excluding hydrogens is 386 g/mol. The van der Waals surface area contributed by atoms with Gasteiger partial charge in [0.1, 0.15) is 11.6 Å². The number of amides is 1. The van der Waals surface area contributed by atoms with Gasteiger partial charge in [-0.15, -0.1) is 0 Å². The van der Waals surface area contributed by atoms with Crippen LogP contribution < -0.4 is 20.9 Å². The van der Waals surface area contributed by atoms with Gasteiger partial charge in [0.05, 0.1) is 5.69 Å². The number of aryl methyl sites for hydroxylation is 1. The second-order valence-corrected chi connectivity index (χ2v) is 7.69. The van der Waals surface area contributed by atoms with E-state index in [4.69, 9.17) is 0 Å². The van der Waals surface area contributed by atoms with Crippen LogP contribution >= 0.6 is 0 Å². The molecule has 1 saturated heterocycles.